The maximum atomic E-state index is 4.67. The average molecular weight is 331 g/mol. The Bertz CT molecular complexity index is 867. The second-order valence-electron chi connectivity index (χ2n) is 6.64. The molecule has 0 bridgehead atoms. The molecule has 2 aromatic heterocycles. The molecular formula is C22H25N3. The summed E-state index contributed by atoms with van der Waals surface area (Å²) in [7, 11) is 0. The monoisotopic (exact) mass is 331 g/mol. The molecule has 2 heterocycles. The maximum Gasteiger partial charge on any atom is 0.125 e. The first-order valence-corrected chi connectivity index (χ1v) is 8.87. The Morgan fingerprint density at radius 3 is 2.24 bits per heavy atom. The van der Waals surface area contributed by atoms with Crippen LogP contribution in [-0.2, 0) is 19.3 Å². The van der Waals surface area contributed by atoms with Gasteiger partial charge < -0.3 is 0 Å². The topological polar surface area (TPSA) is 38.7 Å². The van der Waals surface area contributed by atoms with Crippen molar-refractivity contribution >= 4 is 0 Å². The highest BCUT2D eigenvalue weighted by Crippen LogP contribution is 2.17. The molecule has 3 heteroatoms. The van der Waals surface area contributed by atoms with Crippen molar-refractivity contribution in [2.45, 2.75) is 47.0 Å². The Hall–Kier alpha value is -2.55. The summed E-state index contributed by atoms with van der Waals surface area (Å²) in [4.78, 5) is 13.8. The molecule has 3 rings (SSSR count). The van der Waals surface area contributed by atoms with Gasteiger partial charge in [-0.25, -0.2) is 9.97 Å². The Morgan fingerprint density at radius 1 is 0.800 bits per heavy atom. The molecule has 0 radical (unpaired) electrons. The quantitative estimate of drug-likeness (QED) is 0.689. The van der Waals surface area contributed by atoms with E-state index in [-0.39, 0.29) is 0 Å². The summed E-state index contributed by atoms with van der Waals surface area (Å²) in [5, 5.41) is 0. The Labute approximate surface area is 150 Å². The lowest BCUT2D eigenvalue weighted by Gasteiger charge is -2.11. The van der Waals surface area contributed by atoms with Crippen molar-refractivity contribution in [3.05, 3.63) is 87.8 Å². The molecular weight excluding hydrogens is 306 g/mol. The van der Waals surface area contributed by atoms with Crippen molar-refractivity contribution in [1.82, 2.24) is 15.0 Å². The second kappa shape index (κ2) is 7.56. The van der Waals surface area contributed by atoms with Gasteiger partial charge in [-0.15, -0.1) is 0 Å². The van der Waals surface area contributed by atoms with E-state index in [0.717, 1.165) is 42.2 Å². The van der Waals surface area contributed by atoms with Crippen molar-refractivity contribution in [2.75, 3.05) is 0 Å². The third-order valence-electron chi connectivity index (χ3n) is 4.55. The van der Waals surface area contributed by atoms with Gasteiger partial charge >= 0.3 is 0 Å². The number of benzene rings is 1. The van der Waals surface area contributed by atoms with E-state index >= 15 is 0 Å². The van der Waals surface area contributed by atoms with Gasteiger partial charge in [0, 0.05) is 30.4 Å². The summed E-state index contributed by atoms with van der Waals surface area (Å²) in [5.41, 5.74) is 8.41. The van der Waals surface area contributed by atoms with Crippen LogP contribution in [0.4, 0.5) is 0 Å². The van der Waals surface area contributed by atoms with Crippen molar-refractivity contribution in [2.24, 2.45) is 0 Å². The van der Waals surface area contributed by atoms with Crippen LogP contribution in [0.1, 0.15) is 52.1 Å². The largest absolute Gasteiger partial charge is 0.261 e. The van der Waals surface area contributed by atoms with Gasteiger partial charge in [0.15, 0.2) is 0 Å². The number of hydrogen-bond acceptors (Lipinski definition) is 3. The van der Waals surface area contributed by atoms with Crippen molar-refractivity contribution in [3.63, 3.8) is 0 Å². The summed E-state index contributed by atoms with van der Waals surface area (Å²) >= 11 is 0. The van der Waals surface area contributed by atoms with Crippen LogP contribution in [0.2, 0.25) is 0 Å². The molecule has 0 fully saturated rings. The molecule has 0 saturated carbocycles. The van der Waals surface area contributed by atoms with Crippen LogP contribution in [-0.4, -0.2) is 15.0 Å². The highest BCUT2D eigenvalue weighted by molar-refractivity contribution is 5.32. The first-order valence-electron chi connectivity index (χ1n) is 8.87. The van der Waals surface area contributed by atoms with Crippen LogP contribution in [0.5, 0.6) is 0 Å². The van der Waals surface area contributed by atoms with Crippen molar-refractivity contribution < 1.29 is 0 Å². The highest BCUT2D eigenvalue weighted by Gasteiger charge is 2.09. The SMILES string of the molecule is CCc1nc(C)nc(Cc2ccnc(Cc3ccc(C)cc3)c2)c1C. The van der Waals surface area contributed by atoms with Gasteiger partial charge in [0.05, 0.1) is 5.69 Å². The molecule has 3 aromatic rings. The Morgan fingerprint density at radius 2 is 1.52 bits per heavy atom. The number of pyridine rings is 1. The molecule has 0 spiro atoms. The number of aryl methyl sites for hydroxylation is 3. The zero-order valence-electron chi connectivity index (χ0n) is 15.5. The van der Waals surface area contributed by atoms with Gasteiger partial charge in [0.25, 0.3) is 0 Å². The molecule has 0 atom stereocenters. The summed E-state index contributed by atoms with van der Waals surface area (Å²) in [6.45, 7) is 8.35. The van der Waals surface area contributed by atoms with Gasteiger partial charge in [0.2, 0.25) is 0 Å². The van der Waals surface area contributed by atoms with Crippen LogP contribution in [0.25, 0.3) is 0 Å². The Kier molecular flexibility index (Phi) is 5.22. The van der Waals surface area contributed by atoms with Gasteiger partial charge in [-0.2, -0.15) is 0 Å². The van der Waals surface area contributed by atoms with E-state index in [1.807, 2.05) is 13.1 Å². The fourth-order valence-corrected chi connectivity index (χ4v) is 3.11. The van der Waals surface area contributed by atoms with Gasteiger partial charge in [-0.05, 0) is 56.0 Å². The first kappa shape index (κ1) is 17.3. The van der Waals surface area contributed by atoms with E-state index < -0.39 is 0 Å². The van der Waals surface area contributed by atoms with Crippen LogP contribution in [0, 0.1) is 20.8 Å². The molecule has 0 aliphatic heterocycles. The lowest BCUT2D eigenvalue weighted by molar-refractivity contribution is 0.876. The minimum Gasteiger partial charge on any atom is -0.261 e. The van der Waals surface area contributed by atoms with Crippen LogP contribution >= 0.6 is 0 Å². The highest BCUT2D eigenvalue weighted by atomic mass is 14.9. The molecule has 0 N–H and O–H groups in total. The van der Waals surface area contributed by atoms with Crippen LogP contribution in [0.3, 0.4) is 0 Å². The number of aromatic nitrogens is 3. The zero-order valence-corrected chi connectivity index (χ0v) is 15.5. The normalized spacial score (nSPS) is 10.9. The Balaban J connectivity index is 1.82. The minimum atomic E-state index is 0.825. The first-order chi connectivity index (χ1) is 12.0. The van der Waals surface area contributed by atoms with E-state index in [0.29, 0.717) is 0 Å². The molecule has 25 heavy (non-hydrogen) atoms. The van der Waals surface area contributed by atoms with E-state index in [1.165, 1.54) is 22.3 Å². The molecule has 1 aromatic carbocycles. The van der Waals surface area contributed by atoms with Crippen molar-refractivity contribution in [3.8, 4) is 0 Å². The molecule has 0 unspecified atom stereocenters. The fourth-order valence-electron chi connectivity index (χ4n) is 3.11. The summed E-state index contributed by atoms with van der Waals surface area (Å²) in [6, 6.07) is 12.9. The van der Waals surface area contributed by atoms with E-state index in [2.05, 4.69) is 72.1 Å². The molecule has 128 valence electrons. The van der Waals surface area contributed by atoms with Gasteiger partial charge in [0.1, 0.15) is 5.82 Å². The lowest BCUT2D eigenvalue weighted by Crippen LogP contribution is -2.06. The number of nitrogens with zero attached hydrogens (tertiary/aromatic N) is 3. The number of hydrogen-bond donors (Lipinski definition) is 0. The lowest BCUT2D eigenvalue weighted by atomic mass is 10.0. The van der Waals surface area contributed by atoms with E-state index in [9.17, 15) is 0 Å². The fraction of sp³-hybridized carbons (Fsp3) is 0.318. The number of rotatable bonds is 5. The average Bonchev–Trinajstić information content (AvgIpc) is 2.60. The minimum absolute atomic E-state index is 0.825. The van der Waals surface area contributed by atoms with Crippen LogP contribution < -0.4 is 0 Å². The van der Waals surface area contributed by atoms with Crippen LogP contribution in [0.15, 0.2) is 42.6 Å². The predicted molar refractivity (Wildman–Crippen MR) is 102 cm³/mol. The third-order valence-corrected chi connectivity index (χ3v) is 4.55. The molecule has 0 aliphatic carbocycles. The maximum absolute atomic E-state index is 4.67. The molecule has 0 amide bonds. The van der Waals surface area contributed by atoms with Gasteiger partial charge in [-0.3, -0.25) is 4.98 Å². The molecule has 0 aliphatic rings. The summed E-state index contributed by atoms with van der Waals surface area (Å²) in [6.07, 6.45) is 4.53. The zero-order chi connectivity index (χ0) is 17.8. The smallest absolute Gasteiger partial charge is 0.125 e. The standard InChI is InChI=1S/C22H25N3/c1-5-21-16(3)22(25-17(4)24-21)14-19-10-11-23-20(13-19)12-18-8-6-15(2)7-9-18/h6-11,13H,5,12,14H2,1-4H3. The summed E-state index contributed by atoms with van der Waals surface area (Å²) in [5.74, 6) is 0.853. The summed E-state index contributed by atoms with van der Waals surface area (Å²) < 4.78 is 0. The van der Waals surface area contributed by atoms with Gasteiger partial charge in [-0.1, -0.05) is 36.8 Å². The molecule has 0 saturated heterocycles. The molecule has 3 nitrogen and oxygen atoms in total. The third kappa shape index (κ3) is 4.30. The van der Waals surface area contributed by atoms with E-state index in [4.69, 9.17) is 0 Å². The van der Waals surface area contributed by atoms with E-state index in [1.54, 1.807) is 0 Å². The predicted octanol–water partition coefficient (Wildman–Crippen LogP) is 4.54. The second-order valence-corrected chi connectivity index (χ2v) is 6.64. The van der Waals surface area contributed by atoms with Crippen molar-refractivity contribution in [1.29, 1.82) is 0 Å².